The number of nitrogens with one attached hydrogen (secondary N) is 1. The molecule has 2 N–H and O–H groups in total. The van der Waals surface area contributed by atoms with Crippen molar-refractivity contribution in [3.8, 4) is 0 Å². The Morgan fingerprint density at radius 1 is 1.17 bits per heavy atom. The second kappa shape index (κ2) is 7.62. The van der Waals surface area contributed by atoms with Gasteiger partial charge in [-0.05, 0) is 51.7 Å². The van der Waals surface area contributed by atoms with Crippen LogP contribution in [0.1, 0.15) is 60.3 Å². The van der Waals surface area contributed by atoms with Crippen molar-refractivity contribution in [3.05, 3.63) is 29.1 Å². The number of carbonyl (C=O) groups excluding carboxylic acids is 1. The van der Waals surface area contributed by atoms with Crippen LogP contribution in [-0.2, 0) is 0 Å². The molecule has 0 radical (unpaired) electrons. The first-order chi connectivity index (χ1) is 11.5. The second-order valence-electron chi connectivity index (χ2n) is 7.29. The number of pyridine rings is 1. The van der Waals surface area contributed by atoms with Gasteiger partial charge in [0.05, 0.1) is 17.4 Å². The highest BCUT2D eigenvalue weighted by Crippen LogP contribution is 2.26. The van der Waals surface area contributed by atoms with Gasteiger partial charge in [0.25, 0.3) is 5.91 Å². The molecule has 0 bridgehead atoms. The maximum atomic E-state index is 12.5. The number of likely N-dealkylation sites (tertiary alicyclic amines) is 1. The van der Waals surface area contributed by atoms with Crippen LogP contribution in [-0.4, -0.2) is 52.2 Å². The smallest absolute Gasteiger partial charge is 0.253 e. The van der Waals surface area contributed by atoms with Crippen molar-refractivity contribution in [3.63, 3.8) is 0 Å². The molecular weight excluding hydrogens is 302 g/mol. The van der Waals surface area contributed by atoms with Crippen LogP contribution in [0.25, 0.3) is 0 Å². The Morgan fingerprint density at radius 2 is 1.88 bits per heavy atom. The van der Waals surface area contributed by atoms with E-state index in [-0.39, 0.29) is 18.1 Å². The monoisotopic (exact) mass is 331 g/mol. The number of aliphatic hydroxyl groups excluding tert-OH is 1. The van der Waals surface area contributed by atoms with Gasteiger partial charge in [-0.1, -0.05) is 12.8 Å². The van der Waals surface area contributed by atoms with Crippen LogP contribution < -0.4 is 5.32 Å². The fourth-order valence-corrected chi connectivity index (χ4v) is 4.08. The van der Waals surface area contributed by atoms with Crippen LogP contribution in [0.2, 0.25) is 0 Å². The fourth-order valence-electron chi connectivity index (χ4n) is 4.08. The summed E-state index contributed by atoms with van der Waals surface area (Å²) in [6.45, 7) is 5.73. The molecule has 2 atom stereocenters. The molecule has 2 fully saturated rings. The molecule has 2 aliphatic rings. The number of rotatable bonds is 3. The number of nitrogens with zero attached hydrogens (tertiary/aromatic N) is 2. The van der Waals surface area contributed by atoms with Crippen LogP contribution in [0, 0.1) is 13.8 Å². The number of piperidine rings is 1. The number of amides is 1. The largest absolute Gasteiger partial charge is 0.391 e. The Bertz CT molecular complexity index is 582. The highest BCUT2D eigenvalue weighted by Gasteiger charge is 2.31. The molecule has 1 aromatic heterocycles. The summed E-state index contributed by atoms with van der Waals surface area (Å²) in [6.07, 6.45) is 6.13. The van der Waals surface area contributed by atoms with Crippen molar-refractivity contribution in [2.45, 2.75) is 70.6 Å². The lowest BCUT2D eigenvalue weighted by Crippen LogP contribution is -2.52. The minimum atomic E-state index is -0.175. The van der Waals surface area contributed by atoms with Crippen LogP contribution in [0.4, 0.5) is 0 Å². The zero-order valence-corrected chi connectivity index (χ0v) is 14.8. The number of hydrogen-bond acceptors (Lipinski definition) is 4. The molecule has 1 aliphatic carbocycles. The summed E-state index contributed by atoms with van der Waals surface area (Å²) in [5, 5.41) is 13.4. The number of carbonyl (C=O) groups is 1. The van der Waals surface area contributed by atoms with Gasteiger partial charge in [-0.3, -0.25) is 14.7 Å². The molecule has 24 heavy (non-hydrogen) atoms. The first-order valence-electron chi connectivity index (χ1n) is 9.22. The zero-order valence-electron chi connectivity index (χ0n) is 14.8. The van der Waals surface area contributed by atoms with E-state index >= 15 is 0 Å². The highest BCUT2D eigenvalue weighted by molar-refractivity contribution is 5.95. The molecule has 5 nitrogen and oxygen atoms in total. The maximum absolute atomic E-state index is 12.5. The molecule has 2 unspecified atom stereocenters. The summed E-state index contributed by atoms with van der Waals surface area (Å²) in [6, 6.07) is 4.28. The van der Waals surface area contributed by atoms with Gasteiger partial charge in [0, 0.05) is 30.9 Å². The molecule has 1 saturated heterocycles. The number of aryl methyl sites for hydroxylation is 2. The van der Waals surface area contributed by atoms with E-state index in [0.29, 0.717) is 11.6 Å². The Labute approximate surface area is 144 Å². The van der Waals surface area contributed by atoms with Gasteiger partial charge in [-0.25, -0.2) is 0 Å². The van der Waals surface area contributed by atoms with E-state index in [1.165, 1.54) is 6.42 Å². The third-order valence-corrected chi connectivity index (χ3v) is 5.50. The standard InChI is InChI=1S/C19H29N3O2/c1-13-7-8-16(14(2)20-13)19(24)21-15-9-11-22(12-10-15)17-5-3-4-6-18(17)23/h7-8,15,17-18,23H,3-6,9-12H2,1-2H3,(H,21,24). The Morgan fingerprint density at radius 3 is 2.54 bits per heavy atom. The van der Waals surface area contributed by atoms with E-state index in [9.17, 15) is 9.90 Å². The maximum Gasteiger partial charge on any atom is 0.253 e. The van der Waals surface area contributed by atoms with Crippen LogP contribution in [0.15, 0.2) is 12.1 Å². The topological polar surface area (TPSA) is 65.5 Å². The number of hydrogen-bond donors (Lipinski definition) is 2. The summed E-state index contributed by atoms with van der Waals surface area (Å²) in [7, 11) is 0. The molecule has 1 aromatic rings. The summed E-state index contributed by atoms with van der Waals surface area (Å²) in [5.74, 6) is -0.0175. The molecule has 1 aliphatic heterocycles. The average Bonchev–Trinajstić information content (AvgIpc) is 2.56. The average molecular weight is 331 g/mol. The van der Waals surface area contributed by atoms with Crippen molar-refractivity contribution >= 4 is 5.91 Å². The predicted octanol–water partition coefficient (Wildman–Crippen LogP) is 2.20. The van der Waals surface area contributed by atoms with Gasteiger partial charge in [-0.2, -0.15) is 0 Å². The number of aromatic nitrogens is 1. The van der Waals surface area contributed by atoms with E-state index in [4.69, 9.17) is 0 Å². The van der Waals surface area contributed by atoms with Crippen molar-refractivity contribution in [1.82, 2.24) is 15.2 Å². The minimum absolute atomic E-state index is 0.0175. The summed E-state index contributed by atoms with van der Waals surface area (Å²) in [4.78, 5) is 19.3. The molecule has 0 aromatic carbocycles. The summed E-state index contributed by atoms with van der Waals surface area (Å²) in [5.41, 5.74) is 2.39. The van der Waals surface area contributed by atoms with E-state index in [2.05, 4.69) is 15.2 Å². The highest BCUT2D eigenvalue weighted by atomic mass is 16.3. The van der Waals surface area contributed by atoms with Crippen molar-refractivity contribution in [2.24, 2.45) is 0 Å². The molecule has 132 valence electrons. The van der Waals surface area contributed by atoms with E-state index in [0.717, 1.165) is 56.6 Å². The van der Waals surface area contributed by atoms with Crippen LogP contribution in [0.3, 0.4) is 0 Å². The molecule has 0 spiro atoms. The van der Waals surface area contributed by atoms with Gasteiger partial charge >= 0.3 is 0 Å². The first kappa shape index (κ1) is 17.4. The van der Waals surface area contributed by atoms with Gasteiger partial charge in [-0.15, -0.1) is 0 Å². The van der Waals surface area contributed by atoms with E-state index < -0.39 is 0 Å². The Hall–Kier alpha value is -1.46. The van der Waals surface area contributed by atoms with Crippen LogP contribution in [0.5, 0.6) is 0 Å². The molecule has 5 heteroatoms. The quantitative estimate of drug-likeness (QED) is 0.891. The summed E-state index contributed by atoms with van der Waals surface area (Å²) >= 11 is 0. The molecule has 3 rings (SSSR count). The van der Waals surface area contributed by atoms with Gasteiger partial charge in [0.15, 0.2) is 0 Å². The summed E-state index contributed by atoms with van der Waals surface area (Å²) < 4.78 is 0. The third-order valence-electron chi connectivity index (χ3n) is 5.50. The Balaban J connectivity index is 1.52. The lowest BCUT2D eigenvalue weighted by Gasteiger charge is -2.41. The normalized spacial score (nSPS) is 26.3. The van der Waals surface area contributed by atoms with Gasteiger partial charge < -0.3 is 10.4 Å². The van der Waals surface area contributed by atoms with Crippen molar-refractivity contribution < 1.29 is 9.90 Å². The van der Waals surface area contributed by atoms with Crippen molar-refractivity contribution in [2.75, 3.05) is 13.1 Å². The van der Waals surface area contributed by atoms with Crippen LogP contribution >= 0.6 is 0 Å². The molecule has 2 heterocycles. The predicted molar refractivity (Wildman–Crippen MR) is 94.0 cm³/mol. The van der Waals surface area contributed by atoms with Gasteiger partial charge in [0.1, 0.15) is 0 Å². The first-order valence-corrected chi connectivity index (χ1v) is 9.22. The minimum Gasteiger partial charge on any atom is -0.391 e. The Kier molecular flexibility index (Phi) is 5.51. The second-order valence-corrected chi connectivity index (χ2v) is 7.29. The zero-order chi connectivity index (χ0) is 17.1. The number of aliphatic hydroxyl groups is 1. The van der Waals surface area contributed by atoms with E-state index in [1.807, 2.05) is 26.0 Å². The lowest BCUT2D eigenvalue weighted by molar-refractivity contribution is 0.00727. The lowest BCUT2D eigenvalue weighted by atomic mass is 9.89. The molecule has 1 amide bonds. The molecular formula is C19H29N3O2. The van der Waals surface area contributed by atoms with E-state index in [1.54, 1.807) is 0 Å². The third kappa shape index (κ3) is 3.95. The SMILES string of the molecule is Cc1ccc(C(=O)NC2CCN(C3CCCCC3O)CC2)c(C)n1. The van der Waals surface area contributed by atoms with Crippen molar-refractivity contribution in [1.29, 1.82) is 0 Å². The molecule has 1 saturated carbocycles. The fraction of sp³-hybridized carbons (Fsp3) is 0.684. The van der Waals surface area contributed by atoms with Gasteiger partial charge in [0.2, 0.25) is 0 Å².